The molecule has 5 nitrogen and oxygen atoms in total. The van der Waals surface area contributed by atoms with E-state index in [1.165, 1.54) is 0 Å². The average Bonchev–Trinajstić information content (AvgIpc) is 2.17. The van der Waals surface area contributed by atoms with Crippen molar-refractivity contribution >= 4 is 5.97 Å². The molecule has 0 amide bonds. The molecule has 0 aromatic rings. The lowest BCUT2D eigenvalue weighted by molar-refractivity contribution is -0.148. The number of rotatable bonds is 1. The first-order valence-corrected chi connectivity index (χ1v) is 2.84. The molecule has 1 aliphatic rings. The second-order valence-corrected chi connectivity index (χ2v) is 2.09. The van der Waals surface area contributed by atoms with Gasteiger partial charge in [-0.05, 0) is 0 Å². The van der Waals surface area contributed by atoms with Crippen LogP contribution in [0.1, 0.15) is 0 Å². The van der Waals surface area contributed by atoms with Crippen molar-refractivity contribution < 1.29 is 24.9 Å². The number of hydrogen-bond acceptors (Lipinski definition) is 5. The lowest BCUT2D eigenvalue weighted by Gasteiger charge is -2.08. The summed E-state index contributed by atoms with van der Waals surface area (Å²) in [6.45, 7) is -0.468. The fraction of sp³-hybridized carbons (Fsp3) is 0.800. The van der Waals surface area contributed by atoms with Gasteiger partial charge in [0.15, 0.2) is 12.2 Å². The average molecular weight is 148 g/mol. The van der Waals surface area contributed by atoms with Crippen molar-refractivity contribution in [1.82, 2.24) is 0 Å². The Labute approximate surface area is 56.9 Å². The molecule has 0 aliphatic carbocycles. The number of ether oxygens (including phenoxy) is 1. The van der Waals surface area contributed by atoms with E-state index in [9.17, 15) is 4.79 Å². The molecule has 58 valence electrons. The first-order chi connectivity index (χ1) is 4.66. The highest BCUT2D eigenvalue weighted by molar-refractivity contribution is 5.77. The summed E-state index contributed by atoms with van der Waals surface area (Å²) in [5, 5.41) is 26.0. The maximum atomic E-state index is 10.4. The summed E-state index contributed by atoms with van der Waals surface area (Å²) >= 11 is 0. The topological polar surface area (TPSA) is 87.0 Å². The minimum atomic E-state index is -1.50. The van der Waals surface area contributed by atoms with Crippen LogP contribution in [-0.2, 0) is 9.53 Å². The number of carbonyl (C=O) groups is 1. The van der Waals surface area contributed by atoms with Crippen molar-refractivity contribution in [2.24, 2.45) is 0 Å². The smallest absolute Gasteiger partial charge is 0.338 e. The number of carbonyl (C=O) groups excluding carboxylic acids is 1. The fourth-order valence-corrected chi connectivity index (χ4v) is 0.777. The van der Waals surface area contributed by atoms with Gasteiger partial charge in [-0.1, -0.05) is 0 Å². The molecule has 3 atom stereocenters. The Balaban J connectivity index is 2.61. The largest absolute Gasteiger partial charge is 0.455 e. The number of cyclic esters (lactones) is 1. The van der Waals surface area contributed by atoms with Gasteiger partial charge in [-0.3, -0.25) is 0 Å². The van der Waals surface area contributed by atoms with Crippen LogP contribution in [0.15, 0.2) is 0 Å². The van der Waals surface area contributed by atoms with Crippen LogP contribution in [0.25, 0.3) is 0 Å². The molecule has 0 aromatic heterocycles. The first kappa shape index (κ1) is 7.46. The van der Waals surface area contributed by atoms with Crippen LogP contribution in [0.2, 0.25) is 0 Å². The second kappa shape index (κ2) is 2.53. The van der Waals surface area contributed by atoms with Gasteiger partial charge >= 0.3 is 5.97 Å². The molecule has 1 aliphatic heterocycles. The van der Waals surface area contributed by atoms with Gasteiger partial charge in [0.2, 0.25) is 0 Å². The lowest BCUT2D eigenvalue weighted by atomic mass is 10.1. The zero-order valence-corrected chi connectivity index (χ0v) is 5.10. The third-order valence-corrected chi connectivity index (χ3v) is 1.39. The molecule has 5 heteroatoms. The summed E-state index contributed by atoms with van der Waals surface area (Å²) in [7, 11) is 0. The predicted octanol–water partition coefficient (Wildman–Crippen LogP) is -2.37. The van der Waals surface area contributed by atoms with Crippen molar-refractivity contribution in [2.75, 3.05) is 6.61 Å². The highest BCUT2D eigenvalue weighted by Gasteiger charge is 2.41. The van der Waals surface area contributed by atoms with Gasteiger partial charge in [-0.2, -0.15) is 0 Å². The standard InChI is InChI=1S/C5H8O5/c6-1-2-3(7)4(8)5(9)10-2/h2-4,6-8H,1H2/t2-,3-,4-/m0/s1. The van der Waals surface area contributed by atoms with E-state index in [1.807, 2.05) is 0 Å². The molecule has 0 saturated carbocycles. The highest BCUT2D eigenvalue weighted by Crippen LogP contribution is 2.14. The van der Waals surface area contributed by atoms with E-state index in [4.69, 9.17) is 15.3 Å². The zero-order chi connectivity index (χ0) is 7.72. The number of aliphatic hydroxyl groups is 3. The Hall–Kier alpha value is -0.650. The van der Waals surface area contributed by atoms with E-state index < -0.39 is 30.9 Å². The maximum absolute atomic E-state index is 10.4. The van der Waals surface area contributed by atoms with E-state index in [1.54, 1.807) is 0 Å². The molecule has 1 rings (SSSR count). The van der Waals surface area contributed by atoms with Crippen LogP contribution in [0.3, 0.4) is 0 Å². The van der Waals surface area contributed by atoms with Crippen LogP contribution in [-0.4, -0.2) is 46.2 Å². The monoisotopic (exact) mass is 148 g/mol. The van der Waals surface area contributed by atoms with Gasteiger partial charge in [0.05, 0.1) is 6.61 Å². The Morgan fingerprint density at radius 1 is 1.50 bits per heavy atom. The van der Waals surface area contributed by atoms with Crippen molar-refractivity contribution in [1.29, 1.82) is 0 Å². The van der Waals surface area contributed by atoms with Crippen LogP contribution in [0.5, 0.6) is 0 Å². The quantitative estimate of drug-likeness (QED) is 0.362. The van der Waals surface area contributed by atoms with Gasteiger partial charge < -0.3 is 20.1 Å². The summed E-state index contributed by atoms with van der Waals surface area (Å²) in [6.07, 6.45) is -3.77. The summed E-state index contributed by atoms with van der Waals surface area (Å²) in [5.41, 5.74) is 0. The van der Waals surface area contributed by atoms with Crippen molar-refractivity contribution in [2.45, 2.75) is 18.3 Å². The number of aliphatic hydroxyl groups excluding tert-OH is 3. The molecule has 1 saturated heterocycles. The molecule has 0 bridgehead atoms. The van der Waals surface area contributed by atoms with Crippen molar-refractivity contribution in [3.05, 3.63) is 0 Å². The normalized spacial score (nSPS) is 39.9. The van der Waals surface area contributed by atoms with Crippen LogP contribution < -0.4 is 0 Å². The van der Waals surface area contributed by atoms with E-state index in [-0.39, 0.29) is 0 Å². The summed E-state index contributed by atoms with van der Waals surface area (Å²) in [6, 6.07) is 0. The van der Waals surface area contributed by atoms with Gasteiger partial charge in [0.1, 0.15) is 6.10 Å². The number of esters is 1. The molecule has 0 aromatic carbocycles. The molecular weight excluding hydrogens is 140 g/mol. The van der Waals surface area contributed by atoms with Crippen molar-refractivity contribution in [3.63, 3.8) is 0 Å². The minimum absolute atomic E-state index is 0.468. The van der Waals surface area contributed by atoms with E-state index in [0.29, 0.717) is 0 Å². The molecule has 0 spiro atoms. The Bertz CT molecular complexity index is 145. The minimum Gasteiger partial charge on any atom is -0.455 e. The van der Waals surface area contributed by atoms with Crippen molar-refractivity contribution in [3.8, 4) is 0 Å². The maximum Gasteiger partial charge on any atom is 0.338 e. The van der Waals surface area contributed by atoms with Gasteiger partial charge in [0, 0.05) is 0 Å². The van der Waals surface area contributed by atoms with E-state index >= 15 is 0 Å². The zero-order valence-electron chi connectivity index (χ0n) is 5.10. The van der Waals surface area contributed by atoms with Crippen LogP contribution in [0, 0.1) is 0 Å². The van der Waals surface area contributed by atoms with Crippen LogP contribution in [0.4, 0.5) is 0 Å². The Kier molecular flexibility index (Phi) is 1.89. The molecule has 1 fully saturated rings. The molecule has 1 heterocycles. The van der Waals surface area contributed by atoms with Gasteiger partial charge in [-0.15, -0.1) is 0 Å². The molecular formula is C5H8O5. The SMILES string of the molecule is O=C1O[C@@H](CO)[C@H](O)[C@@H]1O. The summed E-state index contributed by atoms with van der Waals surface area (Å²) < 4.78 is 4.35. The third kappa shape index (κ3) is 0.985. The predicted molar refractivity (Wildman–Crippen MR) is 29.0 cm³/mol. The molecule has 3 N–H and O–H groups in total. The molecule has 0 radical (unpaired) electrons. The third-order valence-electron chi connectivity index (χ3n) is 1.39. The Morgan fingerprint density at radius 3 is 2.30 bits per heavy atom. The number of hydrogen-bond donors (Lipinski definition) is 3. The van der Waals surface area contributed by atoms with Gasteiger partial charge in [0.25, 0.3) is 0 Å². The first-order valence-electron chi connectivity index (χ1n) is 2.84. The lowest BCUT2D eigenvalue weighted by Crippen LogP contribution is -2.32. The molecule has 0 unspecified atom stereocenters. The fourth-order valence-electron chi connectivity index (χ4n) is 0.777. The second-order valence-electron chi connectivity index (χ2n) is 2.09. The van der Waals surface area contributed by atoms with Crippen LogP contribution >= 0.6 is 0 Å². The molecule has 10 heavy (non-hydrogen) atoms. The van der Waals surface area contributed by atoms with E-state index in [2.05, 4.69) is 4.74 Å². The van der Waals surface area contributed by atoms with Gasteiger partial charge in [-0.25, -0.2) is 4.79 Å². The highest BCUT2D eigenvalue weighted by atomic mass is 16.6. The summed E-state index contributed by atoms with van der Waals surface area (Å²) in [4.78, 5) is 10.4. The summed E-state index contributed by atoms with van der Waals surface area (Å²) in [5.74, 6) is -0.883. The van der Waals surface area contributed by atoms with E-state index in [0.717, 1.165) is 0 Å². The Morgan fingerprint density at radius 2 is 2.10 bits per heavy atom.